The van der Waals surface area contributed by atoms with Crippen molar-refractivity contribution in [2.75, 3.05) is 11.1 Å². The average molecular weight is 353 g/mol. The van der Waals surface area contributed by atoms with E-state index in [-0.39, 0.29) is 11.7 Å². The number of anilines is 2. The van der Waals surface area contributed by atoms with Crippen LogP contribution in [0.4, 0.5) is 15.8 Å². The SMILES string of the molecule is CC(Oc1cc(F)cc(Br)c1)C(=O)Nc1ccc(N)cc1. The van der Waals surface area contributed by atoms with Gasteiger partial charge in [0.1, 0.15) is 11.6 Å². The molecule has 0 aliphatic carbocycles. The summed E-state index contributed by atoms with van der Waals surface area (Å²) in [6, 6.07) is 10.9. The normalized spacial score (nSPS) is 11.8. The van der Waals surface area contributed by atoms with Crippen LogP contribution in [-0.2, 0) is 4.79 Å². The van der Waals surface area contributed by atoms with Crippen LogP contribution in [0.1, 0.15) is 6.92 Å². The van der Waals surface area contributed by atoms with E-state index in [1.807, 2.05) is 0 Å². The van der Waals surface area contributed by atoms with Gasteiger partial charge < -0.3 is 15.8 Å². The standard InChI is InChI=1S/C15H14BrFN2O2/c1-9(21-14-7-10(16)6-11(17)8-14)15(20)19-13-4-2-12(18)3-5-13/h2-9H,18H2,1H3,(H,19,20). The lowest BCUT2D eigenvalue weighted by atomic mass is 10.2. The highest BCUT2D eigenvalue weighted by Gasteiger charge is 2.15. The van der Waals surface area contributed by atoms with Gasteiger partial charge in [-0.1, -0.05) is 15.9 Å². The molecule has 110 valence electrons. The van der Waals surface area contributed by atoms with Gasteiger partial charge in [-0.15, -0.1) is 0 Å². The highest BCUT2D eigenvalue weighted by molar-refractivity contribution is 9.10. The first-order chi connectivity index (χ1) is 9.94. The van der Waals surface area contributed by atoms with Gasteiger partial charge in [-0.2, -0.15) is 0 Å². The van der Waals surface area contributed by atoms with Gasteiger partial charge in [-0.05, 0) is 43.3 Å². The number of ether oxygens (including phenoxy) is 1. The fourth-order valence-electron chi connectivity index (χ4n) is 1.66. The second-order valence-corrected chi connectivity index (χ2v) is 5.39. The Kier molecular flexibility index (Phi) is 4.80. The molecular weight excluding hydrogens is 339 g/mol. The van der Waals surface area contributed by atoms with Crippen molar-refractivity contribution in [3.63, 3.8) is 0 Å². The minimum Gasteiger partial charge on any atom is -0.481 e. The number of nitrogens with one attached hydrogen (secondary N) is 1. The third-order valence-corrected chi connectivity index (χ3v) is 3.15. The Morgan fingerprint density at radius 1 is 1.29 bits per heavy atom. The van der Waals surface area contributed by atoms with Crippen LogP contribution < -0.4 is 15.8 Å². The number of carbonyl (C=O) groups is 1. The maximum Gasteiger partial charge on any atom is 0.265 e. The average Bonchev–Trinajstić information content (AvgIpc) is 2.40. The summed E-state index contributed by atoms with van der Waals surface area (Å²) in [4.78, 5) is 12.0. The minimum absolute atomic E-state index is 0.279. The number of hydrogen-bond donors (Lipinski definition) is 2. The van der Waals surface area contributed by atoms with Gasteiger partial charge in [-0.3, -0.25) is 4.79 Å². The van der Waals surface area contributed by atoms with Gasteiger partial charge in [0, 0.05) is 21.9 Å². The Bertz CT molecular complexity index is 626. The zero-order chi connectivity index (χ0) is 15.4. The van der Waals surface area contributed by atoms with Gasteiger partial charge >= 0.3 is 0 Å². The number of halogens is 2. The van der Waals surface area contributed by atoms with E-state index in [1.165, 1.54) is 12.1 Å². The van der Waals surface area contributed by atoms with E-state index in [0.717, 1.165) is 0 Å². The van der Waals surface area contributed by atoms with Crippen molar-refractivity contribution in [2.45, 2.75) is 13.0 Å². The lowest BCUT2D eigenvalue weighted by Crippen LogP contribution is -2.30. The quantitative estimate of drug-likeness (QED) is 0.826. The van der Waals surface area contributed by atoms with Crippen molar-refractivity contribution in [3.05, 3.63) is 52.8 Å². The van der Waals surface area contributed by atoms with Crippen LogP contribution in [0.5, 0.6) is 5.75 Å². The van der Waals surface area contributed by atoms with Gasteiger partial charge in [0.15, 0.2) is 6.10 Å². The molecule has 1 amide bonds. The summed E-state index contributed by atoms with van der Waals surface area (Å²) >= 11 is 3.17. The van der Waals surface area contributed by atoms with Crippen LogP contribution in [0.25, 0.3) is 0 Å². The lowest BCUT2D eigenvalue weighted by Gasteiger charge is -2.15. The highest BCUT2D eigenvalue weighted by atomic mass is 79.9. The van der Waals surface area contributed by atoms with Crippen LogP contribution in [0.2, 0.25) is 0 Å². The summed E-state index contributed by atoms with van der Waals surface area (Å²) in [5.41, 5.74) is 6.80. The molecule has 0 bridgehead atoms. The molecule has 0 saturated carbocycles. The Balaban J connectivity index is 2.00. The van der Waals surface area contributed by atoms with Gasteiger partial charge in [0.2, 0.25) is 0 Å². The molecule has 0 aliphatic rings. The van der Waals surface area contributed by atoms with E-state index in [2.05, 4.69) is 21.2 Å². The molecule has 2 rings (SSSR count). The molecule has 3 N–H and O–H groups in total. The summed E-state index contributed by atoms with van der Waals surface area (Å²) in [5.74, 6) is -0.493. The first kappa shape index (κ1) is 15.3. The number of amides is 1. The van der Waals surface area contributed by atoms with E-state index >= 15 is 0 Å². The van der Waals surface area contributed by atoms with Crippen molar-refractivity contribution in [1.82, 2.24) is 0 Å². The molecule has 1 atom stereocenters. The fourth-order valence-corrected chi connectivity index (χ4v) is 2.11. The van der Waals surface area contributed by atoms with Crippen LogP contribution in [-0.4, -0.2) is 12.0 Å². The molecule has 6 heteroatoms. The monoisotopic (exact) mass is 352 g/mol. The van der Waals surface area contributed by atoms with Crippen molar-refractivity contribution in [3.8, 4) is 5.75 Å². The van der Waals surface area contributed by atoms with E-state index in [1.54, 1.807) is 37.3 Å². The Morgan fingerprint density at radius 2 is 1.95 bits per heavy atom. The molecule has 0 heterocycles. The first-order valence-corrected chi connectivity index (χ1v) is 7.02. The maximum absolute atomic E-state index is 13.2. The summed E-state index contributed by atoms with van der Waals surface area (Å²) in [5, 5.41) is 2.69. The second kappa shape index (κ2) is 6.58. The van der Waals surface area contributed by atoms with Crippen LogP contribution in [0.15, 0.2) is 46.9 Å². The molecular formula is C15H14BrFN2O2. The third kappa shape index (κ3) is 4.46. The van der Waals surface area contributed by atoms with Gasteiger partial charge in [0.25, 0.3) is 5.91 Å². The number of hydrogen-bond acceptors (Lipinski definition) is 3. The Morgan fingerprint density at radius 3 is 2.57 bits per heavy atom. The Labute approximate surface area is 130 Å². The molecule has 0 saturated heterocycles. The number of benzene rings is 2. The maximum atomic E-state index is 13.2. The number of nitrogens with two attached hydrogens (primary N) is 1. The smallest absolute Gasteiger partial charge is 0.265 e. The van der Waals surface area contributed by atoms with Gasteiger partial charge in [0.05, 0.1) is 0 Å². The van der Waals surface area contributed by atoms with E-state index in [0.29, 0.717) is 15.8 Å². The molecule has 21 heavy (non-hydrogen) atoms. The van der Waals surface area contributed by atoms with Crippen molar-refractivity contribution >= 4 is 33.2 Å². The summed E-state index contributed by atoms with van der Waals surface area (Å²) in [6.07, 6.45) is -0.767. The van der Waals surface area contributed by atoms with Crippen molar-refractivity contribution in [2.24, 2.45) is 0 Å². The Hall–Kier alpha value is -2.08. The molecule has 0 aliphatic heterocycles. The molecule has 0 aromatic heterocycles. The number of nitrogen functional groups attached to an aromatic ring is 1. The summed E-state index contributed by atoms with van der Waals surface area (Å²) in [6.45, 7) is 1.59. The van der Waals surface area contributed by atoms with Crippen molar-refractivity contribution < 1.29 is 13.9 Å². The first-order valence-electron chi connectivity index (χ1n) is 6.23. The molecule has 4 nitrogen and oxygen atoms in total. The predicted molar refractivity (Wildman–Crippen MR) is 83.7 cm³/mol. The van der Waals surface area contributed by atoms with E-state index in [4.69, 9.17) is 10.5 Å². The molecule has 2 aromatic carbocycles. The fraction of sp³-hybridized carbons (Fsp3) is 0.133. The van der Waals surface area contributed by atoms with E-state index < -0.39 is 11.9 Å². The third-order valence-electron chi connectivity index (χ3n) is 2.70. The van der Waals surface area contributed by atoms with Crippen LogP contribution >= 0.6 is 15.9 Å². The number of carbonyl (C=O) groups excluding carboxylic acids is 1. The predicted octanol–water partition coefficient (Wildman–Crippen LogP) is 3.58. The molecule has 0 radical (unpaired) electrons. The van der Waals surface area contributed by atoms with Crippen LogP contribution in [0.3, 0.4) is 0 Å². The highest BCUT2D eigenvalue weighted by Crippen LogP contribution is 2.22. The molecule has 0 fully saturated rings. The van der Waals surface area contributed by atoms with E-state index in [9.17, 15) is 9.18 Å². The number of rotatable bonds is 4. The minimum atomic E-state index is -0.767. The molecule has 0 spiro atoms. The van der Waals surface area contributed by atoms with Crippen molar-refractivity contribution in [1.29, 1.82) is 0 Å². The lowest BCUT2D eigenvalue weighted by molar-refractivity contribution is -0.122. The molecule has 1 unspecified atom stereocenters. The summed E-state index contributed by atoms with van der Waals surface area (Å²) in [7, 11) is 0. The largest absolute Gasteiger partial charge is 0.481 e. The van der Waals surface area contributed by atoms with Crippen LogP contribution in [0, 0.1) is 5.82 Å². The topological polar surface area (TPSA) is 64.3 Å². The second-order valence-electron chi connectivity index (χ2n) is 4.48. The summed E-state index contributed by atoms with van der Waals surface area (Å²) < 4.78 is 19.2. The zero-order valence-corrected chi connectivity index (χ0v) is 12.9. The zero-order valence-electron chi connectivity index (χ0n) is 11.3. The molecule has 2 aromatic rings. The van der Waals surface area contributed by atoms with Gasteiger partial charge in [-0.25, -0.2) is 4.39 Å².